The topological polar surface area (TPSA) is 62.0 Å². The van der Waals surface area contributed by atoms with Crippen molar-refractivity contribution < 1.29 is 8.78 Å². The minimum atomic E-state index is -0.645. The van der Waals surface area contributed by atoms with Crippen LogP contribution in [-0.2, 0) is 0 Å². The van der Waals surface area contributed by atoms with Crippen LogP contribution in [0.1, 0.15) is 5.56 Å². The first kappa shape index (κ1) is 16.0. The van der Waals surface area contributed by atoms with Crippen molar-refractivity contribution in [1.29, 1.82) is 0 Å². The average Bonchev–Trinajstić information content (AvgIpc) is 3.33. The van der Waals surface area contributed by atoms with E-state index in [0.29, 0.717) is 18.1 Å². The number of nitrogens with zero attached hydrogens (tertiary/aromatic N) is 4. The molecule has 8 heteroatoms. The summed E-state index contributed by atoms with van der Waals surface area (Å²) >= 11 is 1.55. The highest BCUT2D eigenvalue weighted by molar-refractivity contribution is 7.09. The Morgan fingerprint density at radius 2 is 1.74 bits per heavy atom. The Balaban J connectivity index is 1.66. The maximum atomic E-state index is 13.5. The molecule has 0 atom stereocenters. The van der Waals surface area contributed by atoms with Gasteiger partial charge in [-0.2, -0.15) is 16.5 Å². The first-order chi connectivity index (χ1) is 13.2. The van der Waals surface area contributed by atoms with Gasteiger partial charge in [0.25, 0.3) is 0 Å². The Bertz CT molecular complexity index is 1240. The molecule has 3 heterocycles. The smallest absolute Gasteiger partial charge is 0.139 e. The van der Waals surface area contributed by atoms with Crippen molar-refractivity contribution in [2.75, 3.05) is 11.9 Å². The number of halogens is 2. The van der Waals surface area contributed by atoms with Crippen LogP contribution in [0.15, 0.2) is 62.6 Å². The summed E-state index contributed by atoms with van der Waals surface area (Å²) in [4.78, 5) is 4.70. The van der Waals surface area contributed by atoms with E-state index in [0.717, 1.165) is 39.0 Å². The number of anilines is 2. The summed E-state index contributed by atoms with van der Waals surface area (Å²) in [5.41, 5.74) is 2.75. The van der Waals surface area contributed by atoms with Crippen LogP contribution in [0.25, 0.3) is 21.7 Å². The number of aromatic nitrogens is 1. The number of hydrogen-bond donors (Lipinski definition) is 1. The van der Waals surface area contributed by atoms with E-state index in [9.17, 15) is 8.78 Å². The second kappa shape index (κ2) is 6.17. The van der Waals surface area contributed by atoms with Gasteiger partial charge in [0.05, 0.1) is 11.2 Å². The molecule has 0 amide bonds. The number of pyridine rings is 1. The van der Waals surface area contributed by atoms with Crippen LogP contribution in [0, 0.1) is 11.6 Å². The second-order valence-corrected chi connectivity index (χ2v) is 6.85. The van der Waals surface area contributed by atoms with Gasteiger partial charge in [-0.3, -0.25) is 0 Å². The van der Waals surface area contributed by atoms with Gasteiger partial charge in [0.2, 0.25) is 0 Å². The quantitative estimate of drug-likeness (QED) is 0.501. The molecule has 5 rings (SSSR count). The lowest BCUT2D eigenvalue weighted by atomic mass is 10.0. The number of thiophene rings is 1. The minimum Gasteiger partial charge on any atom is -0.340 e. The Morgan fingerprint density at radius 3 is 2.52 bits per heavy atom. The number of hydrogen-bond acceptors (Lipinski definition) is 6. The predicted molar refractivity (Wildman–Crippen MR) is 103 cm³/mol. The van der Waals surface area contributed by atoms with Crippen LogP contribution in [0.2, 0.25) is 0 Å². The largest absolute Gasteiger partial charge is 0.340 e. The fraction of sp³-hybridized carbons (Fsp3) is 0.0526. The Morgan fingerprint density at radius 1 is 0.926 bits per heavy atom. The molecule has 1 aliphatic heterocycles. The Kier molecular flexibility index (Phi) is 3.64. The molecule has 0 fully saturated rings. The molecule has 0 unspecified atom stereocenters. The standard InChI is InChI=1S/C19H11F2N5S/c20-11-4-12(21)6-13(5-11)23-19-16-9-27-8-15(16)14-2-1-10(3-17(14)24-19)18-7-22-26-25-18/h1-6,8-9H,7H2,(H,23,24). The number of rotatable bonds is 3. The molecule has 0 aliphatic carbocycles. The molecular weight excluding hydrogens is 368 g/mol. The van der Waals surface area contributed by atoms with E-state index < -0.39 is 11.6 Å². The van der Waals surface area contributed by atoms with E-state index in [1.807, 2.05) is 29.0 Å². The summed E-state index contributed by atoms with van der Waals surface area (Å²) < 4.78 is 27.1. The van der Waals surface area contributed by atoms with Crippen molar-refractivity contribution in [3.8, 4) is 0 Å². The van der Waals surface area contributed by atoms with Gasteiger partial charge in [0, 0.05) is 38.9 Å². The molecule has 4 aromatic rings. The molecule has 0 saturated carbocycles. The van der Waals surface area contributed by atoms with Gasteiger partial charge in [-0.15, -0.1) is 5.10 Å². The molecule has 0 bridgehead atoms. The van der Waals surface area contributed by atoms with Gasteiger partial charge in [-0.05, 0) is 28.8 Å². The number of fused-ring (bicyclic) bond motifs is 3. The zero-order valence-corrected chi connectivity index (χ0v) is 14.6. The van der Waals surface area contributed by atoms with Gasteiger partial charge in [-0.25, -0.2) is 13.8 Å². The maximum absolute atomic E-state index is 13.5. The zero-order chi connectivity index (χ0) is 18.4. The summed E-state index contributed by atoms with van der Waals surface area (Å²) in [5, 5.41) is 21.5. The average molecular weight is 379 g/mol. The second-order valence-electron chi connectivity index (χ2n) is 6.11. The SMILES string of the molecule is Fc1cc(F)cc(Nc2nc3cc(C4=NN=NC4)ccc3c3cscc23)c1. The van der Waals surface area contributed by atoms with Crippen LogP contribution < -0.4 is 5.32 Å². The van der Waals surface area contributed by atoms with E-state index in [4.69, 9.17) is 4.98 Å². The van der Waals surface area contributed by atoms with Crippen molar-refractivity contribution in [1.82, 2.24) is 4.98 Å². The number of benzene rings is 2. The van der Waals surface area contributed by atoms with Gasteiger partial charge >= 0.3 is 0 Å². The third-order valence-electron chi connectivity index (χ3n) is 4.34. The van der Waals surface area contributed by atoms with Gasteiger partial charge in [0.15, 0.2) is 0 Å². The molecule has 1 aliphatic rings. The molecule has 0 radical (unpaired) electrons. The van der Waals surface area contributed by atoms with E-state index in [2.05, 4.69) is 20.8 Å². The summed E-state index contributed by atoms with van der Waals surface area (Å²) in [7, 11) is 0. The monoisotopic (exact) mass is 379 g/mol. The minimum absolute atomic E-state index is 0.306. The summed E-state index contributed by atoms with van der Waals surface area (Å²) in [5.74, 6) is -0.744. The van der Waals surface area contributed by atoms with Crippen molar-refractivity contribution in [2.24, 2.45) is 15.4 Å². The Hall–Kier alpha value is -3.26. The lowest BCUT2D eigenvalue weighted by Gasteiger charge is -2.10. The zero-order valence-electron chi connectivity index (χ0n) is 13.8. The van der Waals surface area contributed by atoms with Crippen LogP contribution in [0.5, 0.6) is 0 Å². The highest BCUT2D eigenvalue weighted by Gasteiger charge is 2.14. The van der Waals surface area contributed by atoms with Crippen LogP contribution in [0.4, 0.5) is 20.3 Å². The lowest BCUT2D eigenvalue weighted by molar-refractivity contribution is 0.584. The maximum Gasteiger partial charge on any atom is 0.139 e. The molecule has 0 saturated heterocycles. The van der Waals surface area contributed by atoms with Crippen molar-refractivity contribution in [3.05, 3.63) is 64.4 Å². The highest BCUT2D eigenvalue weighted by atomic mass is 32.1. The summed E-state index contributed by atoms with van der Waals surface area (Å²) in [6, 6.07) is 9.22. The normalized spacial score (nSPS) is 13.5. The van der Waals surface area contributed by atoms with Gasteiger partial charge in [0.1, 0.15) is 24.0 Å². The molecule has 5 nitrogen and oxygen atoms in total. The van der Waals surface area contributed by atoms with Crippen molar-refractivity contribution in [2.45, 2.75) is 0 Å². The summed E-state index contributed by atoms with van der Waals surface area (Å²) in [6.07, 6.45) is 0. The third-order valence-corrected chi connectivity index (χ3v) is 5.09. The molecule has 0 spiro atoms. The van der Waals surface area contributed by atoms with E-state index in [1.165, 1.54) is 12.1 Å². The molecule has 27 heavy (non-hydrogen) atoms. The first-order valence-electron chi connectivity index (χ1n) is 8.14. The third kappa shape index (κ3) is 2.83. The fourth-order valence-corrected chi connectivity index (χ4v) is 3.96. The van der Waals surface area contributed by atoms with Gasteiger partial charge < -0.3 is 5.32 Å². The molecule has 1 N–H and O–H groups in total. The van der Waals surface area contributed by atoms with Crippen LogP contribution >= 0.6 is 11.3 Å². The molecule has 132 valence electrons. The molecular formula is C19H11F2N5S. The van der Waals surface area contributed by atoms with E-state index in [-0.39, 0.29) is 0 Å². The summed E-state index contributed by atoms with van der Waals surface area (Å²) in [6.45, 7) is 0.444. The highest BCUT2D eigenvalue weighted by Crippen LogP contribution is 2.34. The van der Waals surface area contributed by atoms with Crippen molar-refractivity contribution in [3.63, 3.8) is 0 Å². The molecule has 2 aromatic heterocycles. The fourth-order valence-electron chi connectivity index (χ4n) is 3.12. The van der Waals surface area contributed by atoms with E-state index >= 15 is 0 Å². The predicted octanol–water partition coefficient (Wildman–Crippen LogP) is 5.64. The number of nitrogens with one attached hydrogen (secondary N) is 1. The van der Waals surface area contributed by atoms with Crippen LogP contribution in [0.3, 0.4) is 0 Å². The van der Waals surface area contributed by atoms with Crippen LogP contribution in [-0.4, -0.2) is 17.2 Å². The Labute approximate surface area is 156 Å². The first-order valence-corrected chi connectivity index (χ1v) is 9.08. The van der Waals surface area contributed by atoms with Gasteiger partial charge in [-0.1, -0.05) is 12.1 Å². The molecule has 2 aromatic carbocycles. The lowest BCUT2D eigenvalue weighted by Crippen LogP contribution is -2.02. The van der Waals surface area contributed by atoms with E-state index in [1.54, 1.807) is 11.3 Å². The van der Waals surface area contributed by atoms with Crippen molar-refractivity contribution >= 4 is 50.2 Å².